The van der Waals surface area contributed by atoms with Crippen molar-refractivity contribution in [1.29, 1.82) is 5.26 Å². The van der Waals surface area contributed by atoms with Crippen LogP contribution in [0, 0.1) is 17.2 Å². The number of anilines is 1. The maximum atomic E-state index is 13.2. The van der Waals surface area contributed by atoms with Gasteiger partial charge in [-0.25, -0.2) is 13.6 Å². The number of rotatable bonds is 10. The van der Waals surface area contributed by atoms with Crippen molar-refractivity contribution in [3.05, 3.63) is 94.5 Å². The van der Waals surface area contributed by atoms with E-state index < -0.39 is 15.9 Å². The van der Waals surface area contributed by atoms with Crippen LogP contribution in [0.15, 0.2) is 92.6 Å². The maximum absolute atomic E-state index is 13.2. The van der Waals surface area contributed by atoms with E-state index in [1.54, 1.807) is 17.0 Å². The molecule has 0 saturated heterocycles. The minimum atomic E-state index is -3.75. The van der Waals surface area contributed by atoms with Gasteiger partial charge in [-0.2, -0.15) is 5.26 Å². The van der Waals surface area contributed by atoms with E-state index in [0.29, 0.717) is 47.3 Å². The second-order valence-electron chi connectivity index (χ2n) is 10.1. The first-order valence-corrected chi connectivity index (χ1v) is 17.0. The zero-order valence-corrected chi connectivity index (χ0v) is 25.9. The molecule has 2 aromatic carbocycles. The van der Waals surface area contributed by atoms with Crippen molar-refractivity contribution in [3.63, 3.8) is 0 Å². The number of Topliss-reactive ketones (excluding diaryl/α,β-unsaturated/α-hetero) is 1. The quantitative estimate of drug-likeness (QED) is 0.275. The topological polar surface area (TPSA) is 185 Å². The molecule has 1 amide bonds. The molecule has 2 aliphatic rings. The third kappa shape index (κ3) is 7.08. The van der Waals surface area contributed by atoms with Crippen LogP contribution in [0.4, 0.5) is 5.13 Å². The third-order valence-electron chi connectivity index (χ3n) is 7.14. The van der Waals surface area contributed by atoms with Gasteiger partial charge < -0.3 is 11.1 Å². The number of amides is 1. The first-order valence-electron chi connectivity index (χ1n) is 13.7. The number of nitrogens with two attached hydrogens (primary N) is 2. The van der Waals surface area contributed by atoms with Gasteiger partial charge in [0.15, 0.2) is 10.1 Å². The highest BCUT2D eigenvalue weighted by Crippen LogP contribution is 2.44. The van der Waals surface area contributed by atoms with Gasteiger partial charge in [-0.1, -0.05) is 77.7 Å². The fourth-order valence-corrected chi connectivity index (χ4v) is 7.26. The number of nitrogens with one attached hydrogen (secondary N) is 1. The van der Waals surface area contributed by atoms with Crippen LogP contribution in [-0.2, 0) is 26.0 Å². The number of primary sulfonamides is 1. The predicted molar refractivity (Wildman–Crippen MR) is 169 cm³/mol. The number of allylic oxidation sites excluding steroid dienone is 4. The molecule has 2 heterocycles. The lowest BCUT2D eigenvalue weighted by Gasteiger charge is -2.37. The summed E-state index contributed by atoms with van der Waals surface area (Å²) in [6, 6.07) is 18.1. The fourth-order valence-electron chi connectivity index (χ4n) is 5.03. The summed E-state index contributed by atoms with van der Waals surface area (Å²) in [7, 11) is -3.75. The van der Waals surface area contributed by atoms with Crippen molar-refractivity contribution >= 4 is 56.0 Å². The third-order valence-corrected chi connectivity index (χ3v) is 10.1. The lowest BCUT2D eigenvalue weighted by Crippen LogP contribution is -2.39. The van der Waals surface area contributed by atoms with E-state index in [0.717, 1.165) is 16.8 Å². The largest absolute Gasteiger partial charge is 0.384 e. The Kier molecular flexibility index (Phi) is 9.60. The molecule has 1 unspecified atom stereocenters. The average molecular weight is 648 g/mol. The van der Waals surface area contributed by atoms with Gasteiger partial charge in [0, 0.05) is 30.2 Å². The summed E-state index contributed by atoms with van der Waals surface area (Å²) in [5.74, 6) is -0.460. The van der Waals surface area contributed by atoms with Gasteiger partial charge in [0.25, 0.3) is 0 Å². The highest BCUT2D eigenvalue weighted by molar-refractivity contribution is 8.01. The van der Waals surface area contributed by atoms with Gasteiger partial charge in [-0.15, -0.1) is 10.2 Å². The highest BCUT2D eigenvalue weighted by Gasteiger charge is 2.39. The highest BCUT2D eigenvalue weighted by atomic mass is 32.2. The van der Waals surface area contributed by atoms with E-state index in [1.807, 2.05) is 42.5 Å². The lowest BCUT2D eigenvalue weighted by atomic mass is 9.79. The van der Waals surface area contributed by atoms with Crippen LogP contribution in [0.3, 0.4) is 0 Å². The zero-order chi connectivity index (χ0) is 31.3. The smallest absolute Gasteiger partial charge is 0.238 e. The summed E-state index contributed by atoms with van der Waals surface area (Å²) in [6.45, 7) is 0.367. The molecule has 14 heteroatoms. The Labute approximate surface area is 263 Å². The molecule has 5 rings (SSSR count). The first kappa shape index (κ1) is 31.1. The number of hydrogen-bond acceptors (Lipinski definition) is 11. The number of aromatic nitrogens is 2. The molecule has 226 valence electrons. The SMILES string of the molecule is N#CC1=C(N)N(c2nnc(SCC(=O)NCCc3ccc(S(N)(=O)=O)cc3)s2)C2=C(C(=O)CCC2)C1/C=C/c1ccccc1. The summed E-state index contributed by atoms with van der Waals surface area (Å²) in [5, 5.41) is 27.0. The maximum Gasteiger partial charge on any atom is 0.238 e. The molecule has 5 N–H and O–H groups in total. The summed E-state index contributed by atoms with van der Waals surface area (Å²) < 4.78 is 23.3. The Bertz CT molecular complexity index is 1810. The molecule has 0 spiro atoms. The number of nitrogens with zero attached hydrogens (tertiary/aromatic N) is 4. The standard InChI is InChI=1S/C30H29N7O4S3/c31-17-23-22(14-11-19-5-2-1-3-6-19)27-24(7-4-8-25(27)38)37(28(23)32)29-35-36-30(43-29)42-18-26(39)34-16-15-20-9-12-21(13-10-20)44(33,40)41/h1-3,5-6,9-14,22H,4,7-8,15-16,18,32H2,(H,34,39)(H2,33,40,41)/b14-11+. The molecule has 0 fully saturated rings. The lowest BCUT2D eigenvalue weighted by molar-refractivity contribution is -0.118. The molecular formula is C30H29N7O4S3. The van der Waals surface area contributed by atoms with Crippen LogP contribution in [0.2, 0.25) is 0 Å². The number of thioether (sulfide) groups is 1. The molecular weight excluding hydrogens is 619 g/mol. The second-order valence-corrected chi connectivity index (χ2v) is 13.8. The average Bonchev–Trinajstić information content (AvgIpc) is 3.47. The van der Waals surface area contributed by atoms with Gasteiger partial charge in [-0.3, -0.25) is 14.5 Å². The van der Waals surface area contributed by atoms with E-state index in [4.69, 9.17) is 10.9 Å². The van der Waals surface area contributed by atoms with Crippen LogP contribution >= 0.6 is 23.1 Å². The summed E-state index contributed by atoms with van der Waals surface area (Å²) in [4.78, 5) is 27.4. The van der Waals surface area contributed by atoms with E-state index in [1.165, 1.54) is 35.2 Å². The van der Waals surface area contributed by atoms with Crippen molar-refractivity contribution in [1.82, 2.24) is 15.5 Å². The Balaban J connectivity index is 1.25. The molecule has 1 aromatic heterocycles. The van der Waals surface area contributed by atoms with E-state index in [9.17, 15) is 23.3 Å². The Morgan fingerprint density at radius 3 is 2.61 bits per heavy atom. The number of carbonyl (C=O) groups is 2. The molecule has 1 aliphatic heterocycles. The molecule has 1 atom stereocenters. The van der Waals surface area contributed by atoms with Gasteiger partial charge in [-0.05, 0) is 42.5 Å². The fraction of sp³-hybridized carbons (Fsp3) is 0.233. The molecule has 1 aliphatic carbocycles. The Hall–Kier alpha value is -4.29. The molecule has 0 bridgehead atoms. The number of nitriles is 1. The minimum Gasteiger partial charge on any atom is -0.384 e. The van der Waals surface area contributed by atoms with Crippen molar-refractivity contribution in [2.24, 2.45) is 16.8 Å². The summed E-state index contributed by atoms with van der Waals surface area (Å²) >= 11 is 2.45. The van der Waals surface area contributed by atoms with Gasteiger partial charge >= 0.3 is 0 Å². The van der Waals surface area contributed by atoms with E-state index >= 15 is 0 Å². The molecule has 0 saturated carbocycles. The normalized spacial score (nSPS) is 17.1. The number of ketones is 1. The summed E-state index contributed by atoms with van der Waals surface area (Å²) in [5.41, 5.74) is 9.93. The van der Waals surface area contributed by atoms with Crippen LogP contribution in [0.1, 0.15) is 30.4 Å². The van der Waals surface area contributed by atoms with Crippen LogP contribution < -0.4 is 21.1 Å². The van der Waals surface area contributed by atoms with Crippen LogP contribution in [0.5, 0.6) is 0 Å². The van der Waals surface area contributed by atoms with Gasteiger partial charge in [0.05, 0.1) is 22.3 Å². The molecule has 3 aromatic rings. The number of carbonyl (C=O) groups excluding carboxylic acids is 2. The Morgan fingerprint density at radius 2 is 1.91 bits per heavy atom. The zero-order valence-electron chi connectivity index (χ0n) is 23.5. The van der Waals surface area contributed by atoms with Crippen LogP contribution in [0.25, 0.3) is 6.08 Å². The van der Waals surface area contributed by atoms with Gasteiger partial charge in [0.1, 0.15) is 5.82 Å². The summed E-state index contributed by atoms with van der Waals surface area (Å²) in [6.07, 6.45) is 5.93. The predicted octanol–water partition coefficient (Wildman–Crippen LogP) is 3.49. The number of sulfonamides is 1. The monoisotopic (exact) mass is 647 g/mol. The van der Waals surface area contributed by atoms with Gasteiger partial charge in [0.2, 0.25) is 21.1 Å². The van der Waals surface area contributed by atoms with Crippen molar-refractivity contribution in [2.75, 3.05) is 17.2 Å². The molecule has 44 heavy (non-hydrogen) atoms. The van der Waals surface area contributed by atoms with Crippen LogP contribution in [-0.4, -0.2) is 42.6 Å². The molecule has 11 nitrogen and oxygen atoms in total. The van der Waals surface area contributed by atoms with E-state index in [-0.39, 0.29) is 33.7 Å². The van der Waals surface area contributed by atoms with Crippen molar-refractivity contribution in [2.45, 2.75) is 34.9 Å². The number of benzene rings is 2. The van der Waals surface area contributed by atoms with Crippen molar-refractivity contribution in [3.8, 4) is 6.07 Å². The van der Waals surface area contributed by atoms with Crippen molar-refractivity contribution < 1.29 is 18.0 Å². The molecule has 0 radical (unpaired) electrons. The first-order chi connectivity index (χ1) is 21.2. The van der Waals surface area contributed by atoms with E-state index in [2.05, 4.69) is 21.6 Å². The Morgan fingerprint density at radius 1 is 1.16 bits per heavy atom. The minimum absolute atomic E-state index is 0.0182. The second kappa shape index (κ2) is 13.6. The number of hydrogen-bond donors (Lipinski definition) is 3.